The van der Waals surface area contributed by atoms with Gasteiger partial charge in [0.15, 0.2) is 0 Å². The Morgan fingerprint density at radius 2 is 2.21 bits per heavy atom. The maximum absolute atomic E-state index is 10.8. The molecule has 0 bridgehead atoms. The number of nitrogens with zero attached hydrogens (tertiary/aromatic N) is 2. The Morgan fingerprint density at radius 1 is 1.47 bits per heavy atom. The molecule has 2 N–H and O–H groups in total. The molecule has 2 unspecified atom stereocenters. The number of hydrogen-bond acceptors (Lipinski definition) is 4. The van der Waals surface area contributed by atoms with Crippen LogP contribution in [0.4, 0.5) is 10.5 Å². The van der Waals surface area contributed by atoms with Gasteiger partial charge in [0.05, 0.1) is 6.17 Å². The number of amides is 1. The standard InChI is InChI=1S/C14H19N3O2/c1-14-6-7-16(2)12(14)17(3)11-8-9(19-13(15)18)4-5-10(11)14/h4-5,8,12H,6-7H2,1-3H3,(H2,15,18). The van der Waals surface area contributed by atoms with Crippen molar-refractivity contribution in [1.82, 2.24) is 4.90 Å². The van der Waals surface area contributed by atoms with Gasteiger partial charge in [-0.2, -0.15) is 0 Å². The number of carbonyl (C=O) groups excluding carboxylic acids is 1. The molecule has 1 fully saturated rings. The molecule has 2 aliphatic rings. The lowest BCUT2D eigenvalue weighted by Crippen LogP contribution is -2.45. The van der Waals surface area contributed by atoms with E-state index in [9.17, 15) is 4.79 Å². The summed E-state index contributed by atoms with van der Waals surface area (Å²) in [6.45, 7) is 3.41. The third kappa shape index (κ3) is 1.61. The zero-order valence-electron chi connectivity index (χ0n) is 11.5. The average molecular weight is 261 g/mol. The summed E-state index contributed by atoms with van der Waals surface area (Å²) in [6.07, 6.45) is 0.733. The molecule has 2 heterocycles. The number of carbonyl (C=O) groups is 1. The number of primary amides is 1. The minimum absolute atomic E-state index is 0.143. The molecule has 0 saturated carbocycles. The predicted octanol–water partition coefficient (Wildman–Crippen LogP) is 1.51. The zero-order valence-corrected chi connectivity index (χ0v) is 11.5. The smallest absolute Gasteiger partial charge is 0.409 e. The molecule has 1 amide bonds. The van der Waals surface area contributed by atoms with Crippen LogP contribution in [0, 0.1) is 0 Å². The lowest BCUT2D eigenvalue weighted by Gasteiger charge is -2.32. The molecule has 5 nitrogen and oxygen atoms in total. The molecule has 0 spiro atoms. The first-order valence-electron chi connectivity index (χ1n) is 6.48. The molecular weight excluding hydrogens is 242 g/mol. The van der Waals surface area contributed by atoms with Gasteiger partial charge in [0.25, 0.3) is 0 Å². The van der Waals surface area contributed by atoms with Crippen LogP contribution < -0.4 is 15.4 Å². The van der Waals surface area contributed by atoms with Crippen LogP contribution in [0.3, 0.4) is 0 Å². The SMILES string of the molecule is CN1CCC2(C)c3ccc(OC(N)=O)cc3N(C)C12. The van der Waals surface area contributed by atoms with Crippen LogP contribution >= 0.6 is 0 Å². The summed E-state index contributed by atoms with van der Waals surface area (Å²) in [7, 11) is 4.24. The maximum Gasteiger partial charge on any atom is 0.409 e. The topological polar surface area (TPSA) is 58.8 Å². The van der Waals surface area contributed by atoms with Crippen molar-refractivity contribution in [3.8, 4) is 5.75 Å². The van der Waals surface area contributed by atoms with Crippen LogP contribution in [0.1, 0.15) is 18.9 Å². The van der Waals surface area contributed by atoms with Crippen LogP contribution in [-0.2, 0) is 5.41 Å². The van der Waals surface area contributed by atoms with Crippen LogP contribution in [0.15, 0.2) is 18.2 Å². The van der Waals surface area contributed by atoms with E-state index in [1.54, 1.807) is 0 Å². The van der Waals surface area contributed by atoms with Crippen molar-refractivity contribution in [1.29, 1.82) is 0 Å². The average Bonchev–Trinajstić information content (AvgIpc) is 2.74. The number of benzene rings is 1. The maximum atomic E-state index is 10.8. The van der Waals surface area contributed by atoms with Crippen molar-refractivity contribution in [3.63, 3.8) is 0 Å². The van der Waals surface area contributed by atoms with Crippen LogP contribution in [-0.4, -0.2) is 37.8 Å². The van der Waals surface area contributed by atoms with Gasteiger partial charge in [0, 0.05) is 30.8 Å². The number of fused-ring (bicyclic) bond motifs is 3. The Hall–Kier alpha value is -1.75. The number of ether oxygens (including phenoxy) is 1. The van der Waals surface area contributed by atoms with Gasteiger partial charge in [-0.15, -0.1) is 0 Å². The van der Waals surface area contributed by atoms with E-state index in [0.29, 0.717) is 11.9 Å². The Balaban J connectivity index is 2.05. The van der Waals surface area contributed by atoms with E-state index in [4.69, 9.17) is 10.5 Å². The fraction of sp³-hybridized carbons (Fsp3) is 0.500. The number of likely N-dealkylation sites (tertiary alicyclic amines) is 1. The molecule has 3 rings (SSSR count). The molecule has 0 aromatic heterocycles. The first kappa shape index (κ1) is 12.3. The second kappa shape index (κ2) is 3.87. The normalized spacial score (nSPS) is 29.2. The van der Waals surface area contributed by atoms with Crippen LogP contribution in [0.25, 0.3) is 0 Å². The van der Waals surface area contributed by atoms with E-state index in [-0.39, 0.29) is 5.41 Å². The molecular formula is C14H19N3O2. The van der Waals surface area contributed by atoms with Gasteiger partial charge in [-0.25, -0.2) is 4.79 Å². The summed E-state index contributed by atoms with van der Waals surface area (Å²) in [6, 6.07) is 5.78. The van der Waals surface area contributed by atoms with Crippen molar-refractivity contribution in [2.24, 2.45) is 5.73 Å². The fourth-order valence-electron chi connectivity index (χ4n) is 3.74. The second-order valence-electron chi connectivity index (χ2n) is 5.73. The van der Waals surface area contributed by atoms with Gasteiger partial charge in [-0.3, -0.25) is 4.90 Å². The summed E-state index contributed by atoms with van der Waals surface area (Å²) >= 11 is 0. The molecule has 0 aliphatic carbocycles. The number of hydrogen-bond donors (Lipinski definition) is 1. The Bertz CT molecular complexity index is 545. The minimum atomic E-state index is -0.774. The van der Waals surface area contributed by atoms with E-state index >= 15 is 0 Å². The fourth-order valence-corrected chi connectivity index (χ4v) is 3.74. The van der Waals surface area contributed by atoms with Crippen molar-refractivity contribution < 1.29 is 9.53 Å². The van der Waals surface area contributed by atoms with Crippen molar-refractivity contribution in [3.05, 3.63) is 23.8 Å². The molecule has 2 aliphatic heterocycles. The van der Waals surface area contributed by atoms with Gasteiger partial charge in [0.2, 0.25) is 0 Å². The summed E-state index contributed by atoms with van der Waals surface area (Å²) in [4.78, 5) is 15.5. The van der Waals surface area contributed by atoms with Gasteiger partial charge >= 0.3 is 6.09 Å². The molecule has 1 saturated heterocycles. The molecule has 0 radical (unpaired) electrons. The van der Waals surface area contributed by atoms with Crippen molar-refractivity contribution in [2.45, 2.75) is 24.9 Å². The summed E-state index contributed by atoms with van der Waals surface area (Å²) < 4.78 is 4.97. The Kier molecular flexibility index (Phi) is 2.50. The quantitative estimate of drug-likeness (QED) is 0.832. The Labute approximate surface area is 112 Å². The van der Waals surface area contributed by atoms with Crippen molar-refractivity contribution in [2.75, 3.05) is 25.5 Å². The van der Waals surface area contributed by atoms with E-state index < -0.39 is 6.09 Å². The van der Waals surface area contributed by atoms with Gasteiger partial charge < -0.3 is 15.4 Å². The lowest BCUT2D eigenvalue weighted by atomic mass is 9.81. The second-order valence-corrected chi connectivity index (χ2v) is 5.73. The van der Waals surface area contributed by atoms with Crippen LogP contribution in [0.5, 0.6) is 5.75 Å². The first-order valence-corrected chi connectivity index (χ1v) is 6.48. The Morgan fingerprint density at radius 3 is 2.89 bits per heavy atom. The summed E-state index contributed by atoms with van der Waals surface area (Å²) in [5, 5.41) is 0. The van der Waals surface area contributed by atoms with Gasteiger partial charge in [-0.1, -0.05) is 13.0 Å². The number of likely N-dealkylation sites (N-methyl/N-ethyl adjacent to an activating group) is 2. The molecule has 2 atom stereocenters. The number of nitrogens with two attached hydrogens (primary N) is 1. The number of rotatable bonds is 1. The third-order valence-corrected chi connectivity index (χ3v) is 4.52. The highest BCUT2D eigenvalue weighted by Gasteiger charge is 2.52. The lowest BCUT2D eigenvalue weighted by molar-refractivity contribution is 0.211. The largest absolute Gasteiger partial charge is 0.410 e. The van der Waals surface area contributed by atoms with Crippen LogP contribution in [0.2, 0.25) is 0 Å². The summed E-state index contributed by atoms with van der Waals surface area (Å²) in [5.41, 5.74) is 7.65. The predicted molar refractivity (Wildman–Crippen MR) is 73.4 cm³/mol. The van der Waals surface area contributed by atoms with Gasteiger partial charge in [0.1, 0.15) is 5.75 Å². The summed E-state index contributed by atoms with van der Waals surface area (Å²) in [5.74, 6) is 0.504. The van der Waals surface area contributed by atoms with Crippen molar-refractivity contribution >= 4 is 11.8 Å². The molecule has 102 valence electrons. The first-order chi connectivity index (χ1) is 8.93. The number of anilines is 1. The molecule has 1 aromatic rings. The van der Waals surface area contributed by atoms with E-state index in [1.807, 2.05) is 12.1 Å². The minimum Gasteiger partial charge on any atom is -0.410 e. The third-order valence-electron chi connectivity index (χ3n) is 4.52. The highest BCUT2D eigenvalue weighted by molar-refractivity contribution is 5.71. The highest BCUT2D eigenvalue weighted by Crippen LogP contribution is 2.51. The zero-order chi connectivity index (χ0) is 13.8. The van der Waals surface area contributed by atoms with E-state index in [1.165, 1.54) is 5.56 Å². The van der Waals surface area contributed by atoms with E-state index in [2.05, 4.69) is 36.9 Å². The van der Waals surface area contributed by atoms with Gasteiger partial charge in [-0.05, 0) is 25.1 Å². The molecule has 5 heteroatoms. The highest BCUT2D eigenvalue weighted by atomic mass is 16.5. The molecule has 1 aromatic carbocycles. The van der Waals surface area contributed by atoms with E-state index in [0.717, 1.165) is 18.7 Å². The molecule has 19 heavy (non-hydrogen) atoms. The monoisotopic (exact) mass is 261 g/mol.